The lowest BCUT2D eigenvalue weighted by atomic mass is 10.0. The van der Waals surface area contributed by atoms with Crippen LogP contribution in [0.25, 0.3) is 16.8 Å². The fourth-order valence-electron chi connectivity index (χ4n) is 3.05. The summed E-state index contributed by atoms with van der Waals surface area (Å²) in [5.74, 6) is 0.0941. The lowest BCUT2D eigenvalue weighted by molar-refractivity contribution is -0.117. The summed E-state index contributed by atoms with van der Waals surface area (Å²) < 4.78 is 1.94. The molecule has 26 heavy (non-hydrogen) atoms. The van der Waals surface area contributed by atoms with Crippen molar-refractivity contribution in [3.63, 3.8) is 0 Å². The van der Waals surface area contributed by atoms with Crippen molar-refractivity contribution >= 4 is 11.3 Å². The number of nitrogens with zero attached hydrogens (tertiary/aromatic N) is 4. The zero-order valence-corrected chi connectivity index (χ0v) is 13.9. The number of ketones is 1. The number of aromatic nitrogens is 4. The van der Waals surface area contributed by atoms with Crippen LogP contribution >= 0.6 is 0 Å². The predicted octanol–water partition coefficient (Wildman–Crippen LogP) is 2.95. The normalized spacial score (nSPS) is 10.7. The van der Waals surface area contributed by atoms with Crippen LogP contribution < -0.4 is 0 Å². The highest BCUT2D eigenvalue weighted by molar-refractivity contribution is 5.85. The first-order valence-electron chi connectivity index (χ1n) is 8.19. The molecule has 3 heterocycles. The molecule has 1 N–H and O–H groups in total. The molecule has 0 bridgehead atoms. The number of benzene rings is 1. The minimum Gasteiger partial charge on any atom is -0.302 e. The number of rotatable bonds is 5. The highest BCUT2D eigenvalue weighted by Crippen LogP contribution is 2.24. The summed E-state index contributed by atoms with van der Waals surface area (Å²) in [5, 5.41) is 15.8. The number of carbonyl (C=O) groups is 1. The van der Waals surface area contributed by atoms with Crippen LogP contribution in [0.1, 0.15) is 16.8 Å². The average molecular weight is 341 g/mol. The number of pyridine rings is 1. The maximum atomic E-state index is 12.7. The van der Waals surface area contributed by atoms with Crippen molar-refractivity contribution in [2.45, 2.75) is 12.8 Å². The van der Waals surface area contributed by atoms with E-state index in [0.717, 1.165) is 28.0 Å². The highest BCUT2D eigenvalue weighted by Gasteiger charge is 2.15. The summed E-state index contributed by atoms with van der Waals surface area (Å²) >= 11 is 0. The summed E-state index contributed by atoms with van der Waals surface area (Å²) in [7, 11) is 0. The van der Waals surface area contributed by atoms with E-state index >= 15 is 0 Å². The Morgan fingerprint density at radius 2 is 1.96 bits per heavy atom. The van der Waals surface area contributed by atoms with Crippen LogP contribution in [0.3, 0.4) is 0 Å². The van der Waals surface area contributed by atoms with Crippen LogP contribution in [0.4, 0.5) is 0 Å². The van der Waals surface area contributed by atoms with Crippen molar-refractivity contribution in [2.24, 2.45) is 0 Å². The number of carbonyl (C=O) groups excluding carboxylic acids is 1. The molecular formula is C20H15N5O. The first kappa shape index (κ1) is 15.8. The average Bonchev–Trinajstić information content (AvgIpc) is 3.34. The quantitative estimate of drug-likeness (QED) is 0.604. The fourth-order valence-corrected chi connectivity index (χ4v) is 3.05. The van der Waals surface area contributed by atoms with Crippen molar-refractivity contribution in [1.29, 1.82) is 5.26 Å². The van der Waals surface area contributed by atoms with Crippen LogP contribution in [0.15, 0.2) is 61.2 Å². The molecule has 0 aliphatic rings. The third-order valence-corrected chi connectivity index (χ3v) is 4.33. The summed E-state index contributed by atoms with van der Waals surface area (Å²) in [6, 6.07) is 15.0. The Kier molecular flexibility index (Phi) is 4.04. The summed E-state index contributed by atoms with van der Waals surface area (Å²) in [6.07, 6.45) is 5.78. The van der Waals surface area contributed by atoms with Gasteiger partial charge in [0.25, 0.3) is 0 Å². The van der Waals surface area contributed by atoms with E-state index in [2.05, 4.69) is 21.3 Å². The van der Waals surface area contributed by atoms with Crippen molar-refractivity contribution in [3.8, 4) is 17.3 Å². The predicted molar refractivity (Wildman–Crippen MR) is 96.3 cm³/mol. The Morgan fingerprint density at radius 1 is 1.12 bits per heavy atom. The number of aromatic amines is 1. The van der Waals surface area contributed by atoms with Gasteiger partial charge in [-0.05, 0) is 35.9 Å². The Hall–Kier alpha value is -3.72. The van der Waals surface area contributed by atoms with Gasteiger partial charge >= 0.3 is 0 Å². The third kappa shape index (κ3) is 2.98. The fraction of sp³-hybridized carbons (Fsp3) is 0.100. The summed E-state index contributed by atoms with van der Waals surface area (Å²) in [5.41, 5.74) is 5.10. The maximum Gasteiger partial charge on any atom is 0.143 e. The topological polar surface area (TPSA) is 86.8 Å². The monoisotopic (exact) mass is 341 g/mol. The van der Waals surface area contributed by atoms with Crippen molar-refractivity contribution in [1.82, 2.24) is 19.6 Å². The number of fused-ring (bicyclic) bond motifs is 1. The minimum atomic E-state index is 0.0941. The molecule has 6 heteroatoms. The number of imidazole rings is 1. The van der Waals surface area contributed by atoms with E-state index in [9.17, 15) is 4.79 Å². The van der Waals surface area contributed by atoms with Crippen LogP contribution in [0, 0.1) is 11.3 Å². The Balaban J connectivity index is 1.65. The lowest BCUT2D eigenvalue weighted by Gasteiger charge is -2.11. The van der Waals surface area contributed by atoms with Gasteiger partial charge in [-0.25, -0.2) is 4.98 Å². The number of hydrogen-bond acceptors (Lipinski definition) is 4. The van der Waals surface area contributed by atoms with Crippen LogP contribution in [0.2, 0.25) is 0 Å². The molecule has 3 aromatic heterocycles. The van der Waals surface area contributed by atoms with E-state index in [1.54, 1.807) is 30.9 Å². The van der Waals surface area contributed by atoms with Gasteiger partial charge in [0.05, 0.1) is 35.4 Å². The van der Waals surface area contributed by atoms with E-state index in [-0.39, 0.29) is 12.2 Å². The highest BCUT2D eigenvalue weighted by atomic mass is 16.1. The van der Waals surface area contributed by atoms with Crippen molar-refractivity contribution < 1.29 is 4.79 Å². The van der Waals surface area contributed by atoms with E-state index in [1.165, 1.54) is 0 Å². The largest absolute Gasteiger partial charge is 0.302 e. The molecule has 0 saturated carbocycles. The summed E-state index contributed by atoms with van der Waals surface area (Å²) in [6.45, 7) is 0. The van der Waals surface area contributed by atoms with Gasteiger partial charge in [0.1, 0.15) is 5.78 Å². The second-order valence-electron chi connectivity index (χ2n) is 6.05. The molecule has 0 aliphatic carbocycles. The van der Waals surface area contributed by atoms with Gasteiger partial charge in [-0.15, -0.1) is 0 Å². The smallest absolute Gasteiger partial charge is 0.143 e. The number of hydrogen-bond donors (Lipinski definition) is 1. The molecule has 4 aromatic rings. The number of nitriles is 1. The van der Waals surface area contributed by atoms with Crippen LogP contribution in [0.5, 0.6) is 0 Å². The van der Waals surface area contributed by atoms with E-state index in [1.807, 2.05) is 34.7 Å². The molecule has 0 aliphatic heterocycles. The van der Waals surface area contributed by atoms with Gasteiger partial charge in [0.2, 0.25) is 0 Å². The van der Waals surface area contributed by atoms with Gasteiger partial charge in [-0.1, -0.05) is 12.1 Å². The molecule has 0 fully saturated rings. The molecule has 126 valence electrons. The maximum absolute atomic E-state index is 12.7. The Bertz CT molecular complexity index is 1100. The molecular weight excluding hydrogens is 326 g/mol. The van der Waals surface area contributed by atoms with E-state index in [4.69, 9.17) is 5.26 Å². The van der Waals surface area contributed by atoms with Gasteiger partial charge in [-0.2, -0.15) is 10.4 Å². The van der Waals surface area contributed by atoms with Crippen LogP contribution in [-0.4, -0.2) is 25.4 Å². The third-order valence-electron chi connectivity index (χ3n) is 4.33. The zero-order chi connectivity index (χ0) is 17.9. The van der Waals surface area contributed by atoms with Crippen molar-refractivity contribution in [3.05, 3.63) is 78.0 Å². The Labute approximate surface area is 149 Å². The molecule has 0 radical (unpaired) electrons. The SMILES string of the molecule is N#Cc1ccc(CC(=O)Cc2c(-c3ccn[nH]3)ccc3cncn23)cc1. The molecule has 0 saturated heterocycles. The lowest BCUT2D eigenvalue weighted by Crippen LogP contribution is -2.11. The standard InChI is InChI=1S/C20H15N5O/c21-11-15-3-1-14(2-4-15)9-17(26)10-20-18(19-7-8-23-24-19)6-5-16-12-22-13-25(16)20/h1-8,12-13H,9-10H2,(H,23,24). The van der Waals surface area contributed by atoms with Crippen LogP contribution in [-0.2, 0) is 17.6 Å². The second kappa shape index (κ2) is 6.65. The molecule has 4 rings (SSSR count). The second-order valence-corrected chi connectivity index (χ2v) is 6.05. The number of Topliss-reactive ketones (excluding diaryl/α,β-unsaturated/α-hetero) is 1. The molecule has 0 amide bonds. The van der Waals surface area contributed by atoms with E-state index in [0.29, 0.717) is 12.0 Å². The number of nitrogens with one attached hydrogen (secondary N) is 1. The minimum absolute atomic E-state index is 0.0941. The molecule has 0 atom stereocenters. The molecule has 0 unspecified atom stereocenters. The molecule has 1 aromatic carbocycles. The van der Waals surface area contributed by atoms with E-state index < -0.39 is 0 Å². The summed E-state index contributed by atoms with van der Waals surface area (Å²) in [4.78, 5) is 16.9. The zero-order valence-electron chi connectivity index (χ0n) is 13.9. The van der Waals surface area contributed by atoms with Gasteiger partial charge < -0.3 is 4.40 Å². The van der Waals surface area contributed by atoms with Gasteiger partial charge in [-0.3, -0.25) is 9.89 Å². The molecule has 0 spiro atoms. The van der Waals surface area contributed by atoms with Gasteiger partial charge in [0, 0.05) is 30.3 Å². The molecule has 6 nitrogen and oxygen atoms in total. The van der Waals surface area contributed by atoms with Crippen molar-refractivity contribution in [2.75, 3.05) is 0 Å². The first-order chi connectivity index (χ1) is 12.7. The first-order valence-corrected chi connectivity index (χ1v) is 8.19. The van der Waals surface area contributed by atoms with Gasteiger partial charge in [0.15, 0.2) is 0 Å². The Morgan fingerprint density at radius 3 is 2.69 bits per heavy atom. The number of H-pyrrole nitrogens is 1.